The maximum atomic E-state index is 12.6. The van der Waals surface area contributed by atoms with Crippen molar-refractivity contribution in [3.63, 3.8) is 0 Å². The van der Waals surface area contributed by atoms with Crippen molar-refractivity contribution in [2.45, 2.75) is 31.7 Å². The smallest absolute Gasteiger partial charge is 0.339 e. The highest BCUT2D eigenvalue weighted by molar-refractivity contribution is 6.02. The van der Waals surface area contributed by atoms with Crippen molar-refractivity contribution in [1.82, 2.24) is 10.2 Å². The van der Waals surface area contributed by atoms with Crippen molar-refractivity contribution >= 4 is 23.6 Å². The summed E-state index contributed by atoms with van der Waals surface area (Å²) < 4.78 is 4.74. The largest absolute Gasteiger partial charge is 0.465 e. The highest BCUT2D eigenvalue weighted by Crippen LogP contribution is 2.23. The fraction of sp³-hybridized carbons (Fsp3) is 0.500. The van der Waals surface area contributed by atoms with Crippen molar-refractivity contribution in [2.75, 3.05) is 25.5 Å². The van der Waals surface area contributed by atoms with Crippen molar-refractivity contribution in [3.8, 4) is 0 Å². The number of nitrogens with one attached hydrogen (secondary N) is 2. The zero-order chi connectivity index (χ0) is 17.8. The Balaban J connectivity index is 1.63. The number of ether oxygens (including phenoxy) is 1. The van der Waals surface area contributed by atoms with Gasteiger partial charge in [-0.2, -0.15) is 0 Å². The molecule has 3 rings (SSSR count). The van der Waals surface area contributed by atoms with E-state index in [1.54, 1.807) is 29.2 Å². The second-order valence-corrected chi connectivity index (χ2v) is 6.54. The van der Waals surface area contributed by atoms with Gasteiger partial charge in [0.05, 0.1) is 24.3 Å². The molecule has 0 bridgehead atoms. The normalized spacial score (nSPS) is 19.9. The second-order valence-electron chi connectivity index (χ2n) is 6.54. The van der Waals surface area contributed by atoms with E-state index in [4.69, 9.17) is 4.74 Å². The van der Waals surface area contributed by atoms with Crippen LogP contribution in [0, 0.1) is 5.92 Å². The van der Waals surface area contributed by atoms with Crippen LogP contribution in [0.4, 0.5) is 10.5 Å². The first-order chi connectivity index (χ1) is 12.1. The molecular formula is C18H23N3O4. The zero-order valence-electron chi connectivity index (χ0n) is 14.3. The maximum absolute atomic E-state index is 12.6. The number of methoxy groups -OCH3 is 1. The van der Waals surface area contributed by atoms with Gasteiger partial charge in [0.2, 0.25) is 5.91 Å². The molecule has 7 heteroatoms. The van der Waals surface area contributed by atoms with Crippen LogP contribution >= 0.6 is 0 Å². The fourth-order valence-electron chi connectivity index (χ4n) is 2.98. The lowest BCUT2D eigenvalue weighted by atomic mass is 9.97. The molecule has 1 aliphatic carbocycles. The van der Waals surface area contributed by atoms with E-state index >= 15 is 0 Å². The van der Waals surface area contributed by atoms with Crippen LogP contribution in [0.3, 0.4) is 0 Å². The first-order valence-electron chi connectivity index (χ1n) is 8.62. The standard InChI is InChI=1S/C18H23N3O4/c1-25-17(23)14-6-2-3-7-15(14)20-16(22)12-5-4-10-21(11-12)18(24)19-13-8-9-13/h2-3,6-7,12-13H,4-5,8-11H2,1H3,(H,19,24)(H,20,22). The van der Waals surface area contributed by atoms with Gasteiger partial charge in [-0.25, -0.2) is 9.59 Å². The Hall–Kier alpha value is -2.57. The molecule has 2 fully saturated rings. The van der Waals surface area contributed by atoms with Crippen LogP contribution in [0.25, 0.3) is 0 Å². The number of amides is 3. The summed E-state index contributed by atoms with van der Waals surface area (Å²) in [5.74, 6) is -0.963. The van der Waals surface area contributed by atoms with E-state index in [0.29, 0.717) is 30.4 Å². The molecule has 134 valence electrons. The Labute approximate surface area is 146 Å². The summed E-state index contributed by atoms with van der Waals surface area (Å²) in [5.41, 5.74) is 0.747. The molecule has 7 nitrogen and oxygen atoms in total. The van der Waals surface area contributed by atoms with Gasteiger partial charge in [-0.15, -0.1) is 0 Å². The number of carbonyl (C=O) groups excluding carboxylic acids is 3. The number of nitrogens with zero attached hydrogens (tertiary/aromatic N) is 1. The van der Waals surface area contributed by atoms with Crippen molar-refractivity contribution in [3.05, 3.63) is 29.8 Å². The molecule has 1 heterocycles. The first kappa shape index (κ1) is 17.3. The highest BCUT2D eigenvalue weighted by atomic mass is 16.5. The van der Waals surface area contributed by atoms with Gasteiger partial charge in [0.25, 0.3) is 0 Å². The summed E-state index contributed by atoms with van der Waals surface area (Å²) in [7, 11) is 1.30. The Kier molecular flexibility index (Phi) is 5.21. The van der Waals surface area contributed by atoms with E-state index in [-0.39, 0.29) is 17.9 Å². The quantitative estimate of drug-likeness (QED) is 0.817. The molecule has 2 aliphatic rings. The number of rotatable bonds is 4. The van der Waals surface area contributed by atoms with Gasteiger partial charge in [0.15, 0.2) is 0 Å². The number of esters is 1. The lowest BCUT2D eigenvalue weighted by Gasteiger charge is -2.32. The van der Waals surface area contributed by atoms with Gasteiger partial charge >= 0.3 is 12.0 Å². The van der Waals surface area contributed by atoms with E-state index in [1.807, 2.05) is 0 Å². The Morgan fingerprint density at radius 3 is 2.64 bits per heavy atom. The van der Waals surface area contributed by atoms with Crippen molar-refractivity contribution in [2.24, 2.45) is 5.92 Å². The highest BCUT2D eigenvalue weighted by Gasteiger charge is 2.31. The van der Waals surface area contributed by atoms with Gasteiger partial charge in [-0.3, -0.25) is 4.79 Å². The summed E-state index contributed by atoms with van der Waals surface area (Å²) >= 11 is 0. The summed E-state index contributed by atoms with van der Waals surface area (Å²) in [5, 5.41) is 5.77. The lowest BCUT2D eigenvalue weighted by Crippen LogP contribution is -2.48. The minimum Gasteiger partial charge on any atom is -0.465 e. The number of carbonyl (C=O) groups is 3. The molecule has 0 aromatic heterocycles. The van der Waals surface area contributed by atoms with Crippen LogP contribution in [0.2, 0.25) is 0 Å². The molecular weight excluding hydrogens is 322 g/mol. The Morgan fingerprint density at radius 1 is 1.16 bits per heavy atom. The minimum absolute atomic E-state index is 0.0880. The average molecular weight is 345 g/mol. The summed E-state index contributed by atoms with van der Waals surface area (Å²) in [6.07, 6.45) is 3.58. The van der Waals surface area contributed by atoms with Crippen LogP contribution < -0.4 is 10.6 Å². The monoisotopic (exact) mass is 345 g/mol. The van der Waals surface area contributed by atoms with E-state index < -0.39 is 5.97 Å². The zero-order valence-corrected chi connectivity index (χ0v) is 14.3. The number of urea groups is 1. The minimum atomic E-state index is -0.495. The predicted molar refractivity (Wildman–Crippen MR) is 92.3 cm³/mol. The van der Waals surface area contributed by atoms with Crippen molar-refractivity contribution in [1.29, 1.82) is 0 Å². The average Bonchev–Trinajstić information content (AvgIpc) is 3.45. The third kappa shape index (κ3) is 4.29. The summed E-state index contributed by atoms with van der Waals surface area (Å²) in [6, 6.07) is 6.95. The lowest BCUT2D eigenvalue weighted by molar-refractivity contribution is -0.121. The van der Waals surface area contributed by atoms with Gasteiger partial charge in [-0.1, -0.05) is 12.1 Å². The number of hydrogen-bond donors (Lipinski definition) is 2. The number of para-hydroxylation sites is 1. The van der Waals surface area contributed by atoms with Crippen LogP contribution in [0.1, 0.15) is 36.0 Å². The second kappa shape index (κ2) is 7.55. The molecule has 1 aromatic carbocycles. The number of hydrogen-bond acceptors (Lipinski definition) is 4. The first-order valence-corrected chi connectivity index (χ1v) is 8.62. The van der Waals surface area contributed by atoms with Gasteiger partial charge in [0.1, 0.15) is 0 Å². The molecule has 1 aromatic rings. The number of likely N-dealkylation sites (tertiary alicyclic amines) is 1. The summed E-state index contributed by atoms with van der Waals surface area (Å²) in [4.78, 5) is 38.3. The van der Waals surface area contributed by atoms with E-state index in [1.165, 1.54) is 7.11 Å². The van der Waals surface area contributed by atoms with Crippen LogP contribution in [0.15, 0.2) is 24.3 Å². The number of benzene rings is 1. The van der Waals surface area contributed by atoms with Gasteiger partial charge < -0.3 is 20.3 Å². The molecule has 1 aliphatic heterocycles. The Morgan fingerprint density at radius 2 is 1.92 bits per heavy atom. The maximum Gasteiger partial charge on any atom is 0.339 e. The third-order valence-corrected chi connectivity index (χ3v) is 4.57. The van der Waals surface area contributed by atoms with Crippen LogP contribution in [-0.4, -0.2) is 49.0 Å². The van der Waals surface area contributed by atoms with Gasteiger partial charge in [0, 0.05) is 19.1 Å². The van der Waals surface area contributed by atoms with E-state index in [9.17, 15) is 14.4 Å². The molecule has 3 amide bonds. The molecule has 1 atom stereocenters. The predicted octanol–water partition coefficient (Wildman–Crippen LogP) is 2.00. The molecule has 2 N–H and O–H groups in total. The molecule has 1 saturated heterocycles. The summed E-state index contributed by atoms with van der Waals surface area (Å²) in [6.45, 7) is 1.06. The van der Waals surface area contributed by atoms with Crippen LogP contribution in [0.5, 0.6) is 0 Å². The molecule has 1 saturated carbocycles. The number of anilines is 1. The van der Waals surface area contributed by atoms with E-state index in [2.05, 4.69) is 10.6 Å². The SMILES string of the molecule is COC(=O)c1ccccc1NC(=O)C1CCCN(C(=O)NC2CC2)C1. The molecule has 1 unspecified atom stereocenters. The molecule has 0 radical (unpaired) electrons. The third-order valence-electron chi connectivity index (χ3n) is 4.57. The fourth-order valence-corrected chi connectivity index (χ4v) is 2.98. The topological polar surface area (TPSA) is 87.7 Å². The van der Waals surface area contributed by atoms with Crippen LogP contribution in [-0.2, 0) is 9.53 Å². The Bertz CT molecular complexity index is 672. The van der Waals surface area contributed by atoms with Gasteiger partial charge in [-0.05, 0) is 37.8 Å². The van der Waals surface area contributed by atoms with E-state index in [0.717, 1.165) is 25.7 Å². The van der Waals surface area contributed by atoms with Crippen molar-refractivity contribution < 1.29 is 19.1 Å². The number of piperidine rings is 1. The molecule has 0 spiro atoms. The molecule has 25 heavy (non-hydrogen) atoms.